The van der Waals surface area contributed by atoms with Crippen molar-refractivity contribution >= 4 is 12.4 Å². The standard InChI is InChI=1S/C9H8O3/c1-7-3-2-4-8(5-7)9(11)12-6-10/h2-6H,1H3. The van der Waals surface area contributed by atoms with E-state index in [2.05, 4.69) is 4.74 Å². The molecule has 1 aromatic carbocycles. The Morgan fingerprint density at radius 2 is 2.25 bits per heavy atom. The Hall–Kier alpha value is -1.64. The summed E-state index contributed by atoms with van der Waals surface area (Å²) >= 11 is 0. The molecule has 0 saturated heterocycles. The fraction of sp³-hybridized carbons (Fsp3) is 0.111. The van der Waals surface area contributed by atoms with Gasteiger partial charge in [-0.1, -0.05) is 17.7 Å². The topological polar surface area (TPSA) is 43.4 Å². The van der Waals surface area contributed by atoms with Crippen LogP contribution in [-0.4, -0.2) is 12.4 Å². The number of benzene rings is 1. The van der Waals surface area contributed by atoms with Crippen LogP contribution in [0.2, 0.25) is 0 Å². The van der Waals surface area contributed by atoms with Gasteiger partial charge in [0, 0.05) is 0 Å². The molecular formula is C9H8O3. The Morgan fingerprint density at radius 3 is 2.83 bits per heavy atom. The third-order valence-electron chi connectivity index (χ3n) is 1.41. The summed E-state index contributed by atoms with van der Waals surface area (Å²) in [7, 11) is 0. The van der Waals surface area contributed by atoms with Crippen LogP contribution in [-0.2, 0) is 9.53 Å². The van der Waals surface area contributed by atoms with Crippen LogP contribution in [0.4, 0.5) is 0 Å². The summed E-state index contributed by atoms with van der Waals surface area (Å²) in [5.74, 6) is -0.617. The zero-order chi connectivity index (χ0) is 8.97. The Morgan fingerprint density at radius 1 is 1.50 bits per heavy atom. The van der Waals surface area contributed by atoms with E-state index < -0.39 is 5.97 Å². The molecule has 0 unspecified atom stereocenters. The molecule has 0 fully saturated rings. The number of aryl methyl sites for hydroxylation is 1. The molecule has 1 rings (SSSR count). The molecule has 0 bridgehead atoms. The Kier molecular flexibility index (Phi) is 2.58. The van der Waals surface area contributed by atoms with E-state index in [-0.39, 0.29) is 6.47 Å². The van der Waals surface area contributed by atoms with Crippen LogP contribution in [0.1, 0.15) is 15.9 Å². The van der Waals surface area contributed by atoms with Crippen molar-refractivity contribution in [1.82, 2.24) is 0 Å². The highest BCUT2D eigenvalue weighted by molar-refractivity contribution is 5.93. The minimum absolute atomic E-state index is 0.130. The summed E-state index contributed by atoms with van der Waals surface area (Å²) in [6.45, 7) is 1.99. The summed E-state index contributed by atoms with van der Waals surface area (Å²) in [4.78, 5) is 20.8. The largest absolute Gasteiger partial charge is 0.392 e. The third kappa shape index (κ3) is 1.92. The van der Waals surface area contributed by atoms with Crippen molar-refractivity contribution in [3.05, 3.63) is 35.4 Å². The quantitative estimate of drug-likeness (QED) is 0.376. The molecule has 3 heteroatoms. The van der Waals surface area contributed by atoms with Gasteiger partial charge in [-0.2, -0.15) is 0 Å². The molecule has 12 heavy (non-hydrogen) atoms. The van der Waals surface area contributed by atoms with Crippen molar-refractivity contribution in [2.45, 2.75) is 6.92 Å². The maximum absolute atomic E-state index is 10.9. The van der Waals surface area contributed by atoms with Gasteiger partial charge < -0.3 is 4.74 Å². The van der Waals surface area contributed by atoms with E-state index >= 15 is 0 Å². The lowest BCUT2D eigenvalue weighted by molar-refractivity contribution is -0.123. The first kappa shape index (κ1) is 8.46. The van der Waals surface area contributed by atoms with Crippen molar-refractivity contribution in [2.24, 2.45) is 0 Å². The number of carbonyl (C=O) groups is 2. The van der Waals surface area contributed by atoms with Crippen LogP contribution in [0.25, 0.3) is 0 Å². The molecule has 0 spiro atoms. The maximum atomic E-state index is 10.9. The second kappa shape index (κ2) is 3.67. The molecule has 0 aliphatic carbocycles. The minimum Gasteiger partial charge on any atom is -0.392 e. The van der Waals surface area contributed by atoms with E-state index in [0.29, 0.717) is 5.56 Å². The number of esters is 1. The van der Waals surface area contributed by atoms with Crippen LogP contribution >= 0.6 is 0 Å². The molecule has 0 radical (unpaired) electrons. The van der Waals surface area contributed by atoms with E-state index in [1.54, 1.807) is 18.2 Å². The van der Waals surface area contributed by atoms with Crippen LogP contribution in [0.15, 0.2) is 24.3 Å². The van der Waals surface area contributed by atoms with Gasteiger partial charge in [0.1, 0.15) is 0 Å². The van der Waals surface area contributed by atoms with Crippen LogP contribution < -0.4 is 0 Å². The average molecular weight is 164 g/mol. The van der Waals surface area contributed by atoms with Gasteiger partial charge in [0.05, 0.1) is 5.56 Å². The fourth-order valence-corrected chi connectivity index (χ4v) is 0.884. The molecule has 62 valence electrons. The van der Waals surface area contributed by atoms with Crippen LogP contribution in [0.5, 0.6) is 0 Å². The summed E-state index contributed by atoms with van der Waals surface area (Å²) in [6.07, 6.45) is 0. The van der Waals surface area contributed by atoms with E-state index in [1.807, 2.05) is 13.0 Å². The van der Waals surface area contributed by atoms with Crippen molar-refractivity contribution < 1.29 is 14.3 Å². The van der Waals surface area contributed by atoms with Gasteiger partial charge in [-0.15, -0.1) is 0 Å². The van der Waals surface area contributed by atoms with Crippen molar-refractivity contribution in [3.63, 3.8) is 0 Å². The van der Waals surface area contributed by atoms with Gasteiger partial charge in [-0.3, -0.25) is 4.79 Å². The highest BCUT2D eigenvalue weighted by Gasteiger charge is 2.04. The fourth-order valence-electron chi connectivity index (χ4n) is 0.884. The molecule has 0 saturated carbocycles. The average Bonchev–Trinajstić information content (AvgIpc) is 2.05. The van der Waals surface area contributed by atoms with E-state index in [1.165, 1.54) is 0 Å². The van der Waals surface area contributed by atoms with Crippen molar-refractivity contribution in [2.75, 3.05) is 0 Å². The normalized spacial score (nSPS) is 9.08. The molecule has 0 N–H and O–H groups in total. The number of rotatable bonds is 2. The lowest BCUT2D eigenvalue weighted by Crippen LogP contribution is -2.02. The second-order valence-corrected chi connectivity index (χ2v) is 2.37. The molecule has 3 nitrogen and oxygen atoms in total. The Bertz CT molecular complexity index is 304. The van der Waals surface area contributed by atoms with E-state index in [9.17, 15) is 9.59 Å². The monoisotopic (exact) mass is 164 g/mol. The summed E-state index contributed by atoms with van der Waals surface area (Å²) in [5.41, 5.74) is 1.34. The molecule has 0 atom stereocenters. The summed E-state index contributed by atoms with van der Waals surface area (Å²) in [6, 6.07) is 6.85. The summed E-state index contributed by atoms with van der Waals surface area (Å²) < 4.78 is 4.16. The predicted octanol–water partition coefficient (Wildman–Crippen LogP) is 1.31. The van der Waals surface area contributed by atoms with Gasteiger partial charge in [-0.05, 0) is 19.1 Å². The molecule has 1 aromatic rings. The highest BCUT2D eigenvalue weighted by atomic mass is 16.6. The van der Waals surface area contributed by atoms with Crippen LogP contribution in [0, 0.1) is 6.92 Å². The lowest BCUT2D eigenvalue weighted by atomic mass is 10.1. The molecular weight excluding hydrogens is 156 g/mol. The van der Waals surface area contributed by atoms with Crippen molar-refractivity contribution in [3.8, 4) is 0 Å². The zero-order valence-corrected chi connectivity index (χ0v) is 6.61. The lowest BCUT2D eigenvalue weighted by Gasteiger charge is -1.97. The zero-order valence-electron chi connectivity index (χ0n) is 6.61. The Labute approximate surface area is 70.0 Å². The maximum Gasteiger partial charge on any atom is 0.345 e. The molecule has 0 amide bonds. The van der Waals surface area contributed by atoms with E-state index in [0.717, 1.165) is 5.56 Å². The first-order valence-electron chi connectivity index (χ1n) is 3.45. The third-order valence-corrected chi connectivity index (χ3v) is 1.41. The van der Waals surface area contributed by atoms with Crippen molar-refractivity contribution in [1.29, 1.82) is 0 Å². The number of carbonyl (C=O) groups excluding carboxylic acids is 2. The van der Waals surface area contributed by atoms with Gasteiger partial charge in [0.15, 0.2) is 0 Å². The number of hydrogen-bond donors (Lipinski definition) is 0. The highest BCUT2D eigenvalue weighted by Crippen LogP contribution is 2.04. The molecule has 0 aliphatic heterocycles. The summed E-state index contributed by atoms with van der Waals surface area (Å²) in [5, 5.41) is 0. The van der Waals surface area contributed by atoms with Gasteiger partial charge in [0.25, 0.3) is 0 Å². The van der Waals surface area contributed by atoms with Gasteiger partial charge in [0.2, 0.25) is 0 Å². The van der Waals surface area contributed by atoms with E-state index in [4.69, 9.17) is 0 Å². The molecule has 0 heterocycles. The first-order chi connectivity index (χ1) is 5.74. The molecule has 0 aromatic heterocycles. The second-order valence-electron chi connectivity index (χ2n) is 2.37. The molecule has 0 aliphatic rings. The number of hydrogen-bond acceptors (Lipinski definition) is 3. The Balaban J connectivity index is 2.87. The minimum atomic E-state index is -0.617. The number of ether oxygens (including phenoxy) is 1. The smallest absolute Gasteiger partial charge is 0.345 e. The van der Waals surface area contributed by atoms with Crippen LogP contribution in [0.3, 0.4) is 0 Å². The van der Waals surface area contributed by atoms with Gasteiger partial charge in [-0.25, -0.2) is 4.79 Å². The predicted molar refractivity (Wildman–Crippen MR) is 42.7 cm³/mol. The first-order valence-corrected chi connectivity index (χ1v) is 3.45. The SMILES string of the molecule is Cc1cccc(C(=O)OC=O)c1. The van der Waals surface area contributed by atoms with Gasteiger partial charge >= 0.3 is 12.4 Å².